The quantitative estimate of drug-likeness (QED) is 0.542. The lowest BCUT2D eigenvalue weighted by molar-refractivity contribution is 0.642. The molecular weight excluding hydrogens is 190 g/mol. The maximum atomic E-state index is 11.2. The number of nitrogens with one attached hydrogen (secondary N) is 1. The molecule has 13 heavy (non-hydrogen) atoms. The van der Waals surface area contributed by atoms with Crippen molar-refractivity contribution in [1.82, 2.24) is 14.5 Å². The van der Waals surface area contributed by atoms with Crippen LogP contribution in [-0.4, -0.2) is 20.8 Å². The van der Waals surface area contributed by atoms with E-state index in [0.29, 0.717) is 5.16 Å². The van der Waals surface area contributed by atoms with Crippen LogP contribution in [0.15, 0.2) is 27.4 Å². The Morgan fingerprint density at radius 3 is 2.85 bits per heavy atom. The fraction of sp³-hybridized carbons (Fsp3) is 0.286. The molecule has 0 aromatic carbocycles. The van der Waals surface area contributed by atoms with Gasteiger partial charge in [-0.2, -0.15) is 4.98 Å². The summed E-state index contributed by atoms with van der Waals surface area (Å²) < 4.78 is 0.979. The Bertz CT molecular complexity index is 389. The molecule has 0 aliphatic heterocycles. The van der Waals surface area contributed by atoms with Gasteiger partial charge in [-0.3, -0.25) is 4.98 Å². The largest absolute Gasteiger partial charge is 0.354 e. The first-order chi connectivity index (χ1) is 6.19. The van der Waals surface area contributed by atoms with Crippen molar-refractivity contribution in [1.29, 1.82) is 0 Å². The third-order valence-electron chi connectivity index (χ3n) is 1.39. The number of nitrogens with zero attached hydrogens (tertiary/aromatic N) is 2. The summed E-state index contributed by atoms with van der Waals surface area (Å²) in [6.45, 7) is 3.61. The second kappa shape index (κ2) is 4.08. The van der Waals surface area contributed by atoms with Gasteiger partial charge in [0.25, 0.3) is 0 Å². The van der Waals surface area contributed by atoms with Crippen LogP contribution in [0.5, 0.6) is 0 Å². The van der Waals surface area contributed by atoms with Crippen LogP contribution in [0.2, 0.25) is 0 Å². The zero-order valence-electron chi connectivity index (χ0n) is 7.11. The molecule has 0 unspecified atom stereocenters. The van der Waals surface area contributed by atoms with Crippen LogP contribution in [0.3, 0.4) is 0 Å². The van der Waals surface area contributed by atoms with Gasteiger partial charge >= 0.3 is 11.4 Å². The van der Waals surface area contributed by atoms with Gasteiger partial charge in [-0.25, -0.2) is 14.2 Å². The highest BCUT2D eigenvalue weighted by atomic mass is 32.2. The summed E-state index contributed by atoms with van der Waals surface area (Å²) >= 11 is 1.22. The van der Waals surface area contributed by atoms with Gasteiger partial charge in [0, 0.05) is 0 Å². The van der Waals surface area contributed by atoms with Crippen LogP contribution < -0.4 is 11.4 Å². The second-order valence-electron chi connectivity index (χ2n) is 2.23. The summed E-state index contributed by atoms with van der Waals surface area (Å²) in [5.41, 5.74) is -1.00. The van der Waals surface area contributed by atoms with Gasteiger partial charge in [-0.05, 0) is 6.26 Å². The van der Waals surface area contributed by atoms with Crippen molar-refractivity contribution < 1.29 is 0 Å². The Hall–Kier alpha value is -1.30. The minimum absolute atomic E-state index is 0.176. The Balaban J connectivity index is 3.31. The van der Waals surface area contributed by atoms with Gasteiger partial charge in [0.2, 0.25) is 0 Å². The van der Waals surface area contributed by atoms with E-state index in [2.05, 4.69) is 16.5 Å². The minimum atomic E-state index is -0.548. The average molecular weight is 199 g/mol. The average Bonchev–Trinajstić information content (AvgIpc) is 2.11. The number of hydrogen-bond donors (Lipinski definition) is 1. The van der Waals surface area contributed by atoms with Gasteiger partial charge in [0.05, 0.1) is 6.54 Å². The molecule has 0 spiro atoms. The van der Waals surface area contributed by atoms with E-state index in [9.17, 15) is 9.59 Å². The van der Waals surface area contributed by atoms with Crippen LogP contribution in [0, 0.1) is 0 Å². The number of allylic oxidation sites excluding steroid dienone is 1. The Morgan fingerprint density at radius 1 is 1.69 bits per heavy atom. The summed E-state index contributed by atoms with van der Waals surface area (Å²) in [6.07, 6.45) is 3.20. The highest BCUT2D eigenvalue weighted by molar-refractivity contribution is 7.98. The van der Waals surface area contributed by atoms with Gasteiger partial charge in [0.15, 0.2) is 5.16 Å². The van der Waals surface area contributed by atoms with E-state index < -0.39 is 11.4 Å². The number of H-pyrrole nitrogens is 1. The lowest BCUT2D eigenvalue weighted by Crippen LogP contribution is -2.36. The molecule has 0 amide bonds. The van der Waals surface area contributed by atoms with Crippen molar-refractivity contribution in [2.45, 2.75) is 11.7 Å². The van der Waals surface area contributed by atoms with Crippen molar-refractivity contribution in [3.05, 3.63) is 33.6 Å². The fourth-order valence-electron chi connectivity index (χ4n) is 0.808. The predicted molar refractivity (Wildman–Crippen MR) is 51.1 cm³/mol. The van der Waals surface area contributed by atoms with E-state index >= 15 is 0 Å². The lowest BCUT2D eigenvalue weighted by Gasteiger charge is -1.99. The van der Waals surface area contributed by atoms with Crippen molar-refractivity contribution in [3.8, 4) is 0 Å². The van der Waals surface area contributed by atoms with E-state index in [4.69, 9.17) is 0 Å². The summed E-state index contributed by atoms with van der Waals surface area (Å²) in [4.78, 5) is 28.5. The van der Waals surface area contributed by atoms with Crippen LogP contribution >= 0.6 is 11.8 Å². The monoisotopic (exact) mass is 199 g/mol. The smallest absolute Gasteiger partial charge is 0.286 e. The number of aromatic nitrogens is 3. The van der Waals surface area contributed by atoms with Gasteiger partial charge in [-0.15, -0.1) is 6.58 Å². The Kier molecular flexibility index (Phi) is 3.07. The summed E-state index contributed by atoms with van der Waals surface area (Å²) in [5.74, 6) is 0. The van der Waals surface area contributed by atoms with E-state index in [1.54, 1.807) is 6.26 Å². The molecule has 0 atom stereocenters. The zero-order chi connectivity index (χ0) is 9.84. The van der Waals surface area contributed by atoms with E-state index in [0.717, 1.165) is 4.57 Å². The Labute approximate surface area is 78.5 Å². The van der Waals surface area contributed by atoms with E-state index in [1.807, 2.05) is 0 Å². The number of hydrogen-bond acceptors (Lipinski definition) is 4. The standard InChI is InChI=1S/C7H9N3O2S/c1-3-4-10-6(11)8-5(13-2)9-7(10)12/h3H,1,4H2,2H3,(H,8,9,11,12). The van der Waals surface area contributed by atoms with Crippen LogP contribution in [-0.2, 0) is 6.54 Å². The van der Waals surface area contributed by atoms with E-state index in [1.165, 1.54) is 17.8 Å². The highest BCUT2D eigenvalue weighted by Crippen LogP contribution is 2.00. The maximum absolute atomic E-state index is 11.2. The molecule has 0 fully saturated rings. The van der Waals surface area contributed by atoms with Crippen LogP contribution in [0.1, 0.15) is 0 Å². The topological polar surface area (TPSA) is 67.8 Å². The van der Waals surface area contributed by atoms with E-state index in [-0.39, 0.29) is 6.54 Å². The number of aromatic amines is 1. The summed E-state index contributed by atoms with van der Waals surface area (Å²) in [5, 5.41) is 0.329. The molecule has 1 rings (SSSR count). The molecule has 0 aliphatic rings. The molecule has 1 aromatic heterocycles. The molecule has 1 aromatic rings. The molecule has 5 nitrogen and oxygen atoms in total. The predicted octanol–water partition coefficient (Wildman–Crippen LogP) is -0.161. The van der Waals surface area contributed by atoms with Crippen molar-refractivity contribution in [2.24, 2.45) is 0 Å². The molecule has 6 heteroatoms. The van der Waals surface area contributed by atoms with Gasteiger partial charge < -0.3 is 0 Å². The first-order valence-corrected chi connectivity index (χ1v) is 4.77. The molecule has 0 radical (unpaired) electrons. The second-order valence-corrected chi connectivity index (χ2v) is 3.03. The Morgan fingerprint density at radius 2 is 2.38 bits per heavy atom. The molecular formula is C7H9N3O2S. The molecule has 0 saturated heterocycles. The summed E-state index contributed by atoms with van der Waals surface area (Å²) in [7, 11) is 0. The maximum Gasteiger partial charge on any atom is 0.354 e. The number of rotatable bonds is 3. The lowest BCUT2D eigenvalue weighted by atomic mass is 10.6. The molecule has 0 aliphatic carbocycles. The van der Waals surface area contributed by atoms with Crippen LogP contribution in [0.25, 0.3) is 0 Å². The first kappa shape index (κ1) is 9.79. The van der Waals surface area contributed by atoms with Gasteiger partial charge in [-0.1, -0.05) is 17.8 Å². The first-order valence-electron chi connectivity index (χ1n) is 3.55. The third-order valence-corrected chi connectivity index (χ3v) is 1.97. The molecule has 0 saturated carbocycles. The summed E-state index contributed by atoms with van der Waals surface area (Å²) in [6, 6.07) is 0. The minimum Gasteiger partial charge on any atom is -0.286 e. The molecule has 0 bridgehead atoms. The van der Waals surface area contributed by atoms with Gasteiger partial charge in [0.1, 0.15) is 0 Å². The molecule has 1 N–H and O–H groups in total. The van der Waals surface area contributed by atoms with Crippen molar-refractivity contribution >= 4 is 11.8 Å². The molecule has 1 heterocycles. The molecule has 70 valence electrons. The normalized spacial score (nSPS) is 9.92. The van der Waals surface area contributed by atoms with Crippen molar-refractivity contribution in [3.63, 3.8) is 0 Å². The fourth-order valence-corrected chi connectivity index (χ4v) is 1.17. The highest BCUT2D eigenvalue weighted by Gasteiger charge is 2.02. The SMILES string of the molecule is C=CCn1c(=O)nc(SC)[nH]c1=O. The third kappa shape index (κ3) is 2.09. The number of thioether (sulfide) groups is 1. The van der Waals surface area contributed by atoms with Crippen molar-refractivity contribution in [2.75, 3.05) is 6.26 Å². The zero-order valence-corrected chi connectivity index (χ0v) is 7.93. The van der Waals surface area contributed by atoms with Crippen LogP contribution in [0.4, 0.5) is 0 Å².